The second-order valence-electron chi connectivity index (χ2n) is 5.75. The van der Waals surface area contributed by atoms with Crippen LogP contribution >= 0.6 is 11.8 Å². The van der Waals surface area contributed by atoms with Gasteiger partial charge in [0.1, 0.15) is 0 Å². The van der Waals surface area contributed by atoms with Crippen LogP contribution in [0, 0.1) is 0 Å². The third-order valence-electron chi connectivity index (χ3n) is 4.20. The van der Waals surface area contributed by atoms with Crippen molar-refractivity contribution in [1.82, 2.24) is 0 Å². The van der Waals surface area contributed by atoms with Gasteiger partial charge in [-0.2, -0.15) is 0 Å². The van der Waals surface area contributed by atoms with Gasteiger partial charge >= 0.3 is 0 Å². The fourth-order valence-electron chi connectivity index (χ4n) is 2.94. The van der Waals surface area contributed by atoms with E-state index in [1.807, 2.05) is 42.7 Å². The monoisotopic (exact) mass is 326 g/mol. The van der Waals surface area contributed by atoms with Crippen molar-refractivity contribution in [3.63, 3.8) is 0 Å². The van der Waals surface area contributed by atoms with Gasteiger partial charge < -0.3 is 10.2 Å². The lowest BCUT2D eigenvalue weighted by atomic mass is 10.1. The number of nitrogens with one attached hydrogen (secondary N) is 1. The zero-order chi connectivity index (χ0) is 16.1. The molecule has 1 aliphatic heterocycles. The SMILES string of the molecule is CSc1ccccc1C(=O)Nc1ccc(N2CCCCC2)cc1. The topological polar surface area (TPSA) is 32.3 Å². The number of piperidine rings is 1. The summed E-state index contributed by atoms with van der Waals surface area (Å²) in [6.07, 6.45) is 5.85. The van der Waals surface area contributed by atoms with Crippen LogP contribution < -0.4 is 10.2 Å². The highest BCUT2D eigenvalue weighted by atomic mass is 32.2. The minimum atomic E-state index is -0.0549. The third-order valence-corrected chi connectivity index (χ3v) is 4.99. The van der Waals surface area contributed by atoms with E-state index in [1.165, 1.54) is 24.9 Å². The standard InChI is InChI=1S/C19H22N2OS/c1-23-18-8-4-3-7-17(18)19(22)20-15-9-11-16(12-10-15)21-13-5-2-6-14-21/h3-4,7-12H,2,5-6,13-14H2,1H3,(H,20,22). The maximum atomic E-state index is 12.4. The van der Waals surface area contributed by atoms with Crippen LogP contribution in [-0.2, 0) is 0 Å². The summed E-state index contributed by atoms with van der Waals surface area (Å²) in [4.78, 5) is 15.9. The Balaban J connectivity index is 1.69. The molecule has 0 aliphatic carbocycles. The van der Waals surface area contributed by atoms with Gasteiger partial charge in [-0.1, -0.05) is 12.1 Å². The van der Waals surface area contributed by atoms with Crippen LogP contribution in [0.2, 0.25) is 0 Å². The zero-order valence-corrected chi connectivity index (χ0v) is 14.2. The van der Waals surface area contributed by atoms with Gasteiger partial charge in [-0.05, 0) is 61.9 Å². The van der Waals surface area contributed by atoms with Crippen LogP contribution in [0.25, 0.3) is 0 Å². The first-order valence-electron chi connectivity index (χ1n) is 8.07. The van der Waals surface area contributed by atoms with Gasteiger partial charge in [-0.25, -0.2) is 0 Å². The molecule has 4 heteroatoms. The number of hydrogen-bond acceptors (Lipinski definition) is 3. The Hall–Kier alpha value is -1.94. The van der Waals surface area contributed by atoms with Gasteiger partial charge in [0, 0.05) is 29.4 Å². The molecular weight excluding hydrogens is 304 g/mol. The number of hydrogen-bond donors (Lipinski definition) is 1. The molecule has 0 radical (unpaired) electrons. The molecule has 1 fully saturated rings. The largest absolute Gasteiger partial charge is 0.372 e. The second kappa shape index (κ2) is 7.55. The van der Waals surface area contributed by atoms with Crippen molar-refractivity contribution in [3.8, 4) is 0 Å². The summed E-state index contributed by atoms with van der Waals surface area (Å²) in [5, 5.41) is 2.99. The third kappa shape index (κ3) is 3.88. The van der Waals surface area contributed by atoms with E-state index >= 15 is 0 Å². The summed E-state index contributed by atoms with van der Waals surface area (Å²) in [5.41, 5.74) is 2.80. The van der Waals surface area contributed by atoms with E-state index in [9.17, 15) is 4.79 Å². The van der Waals surface area contributed by atoms with Gasteiger partial charge in [0.2, 0.25) is 0 Å². The Labute approximate surface area is 142 Å². The van der Waals surface area contributed by atoms with Crippen LogP contribution in [0.4, 0.5) is 11.4 Å². The summed E-state index contributed by atoms with van der Waals surface area (Å²) in [6.45, 7) is 2.26. The number of carbonyl (C=O) groups is 1. The Kier molecular flexibility index (Phi) is 5.23. The highest BCUT2D eigenvalue weighted by Gasteiger charge is 2.12. The Bertz CT molecular complexity index is 663. The van der Waals surface area contributed by atoms with Crippen molar-refractivity contribution in [2.45, 2.75) is 24.2 Å². The fourth-order valence-corrected chi connectivity index (χ4v) is 3.53. The number of nitrogens with zero attached hydrogens (tertiary/aromatic N) is 1. The molecule has 1 N–H and O–H groups in total. The molecule has 0 bridgehead atoms. The molecule has 23 heavy (non-hydrogen) atoms. The summed E-state index contributed by atoms with van der Waals surface area (Å²) >= 11 is 1.59. The van der Waals surface area contributed by atoms with Crippen LogP contribution in [0.5, 0.6) is 0 Å². The summed E-state index contributed by atoms with van der Waals surface area (Å²) in [5.74, 6) is -0.0549. The summed E-state index contributed by atoms with van der Waals surface area (Å²) < 4.78 is 0. The maximum absolute atomic E-state index is 12.4. The minimum Gasteiger partial charge on any atom is -0.372 e. The molecule has 0 atom stereocenters. The molecule has 120 valence electrons. The number of amides is 1. The molecule has 1 heterocycles. The van der Waals surface area contributed by atoms with Crippen molar-refractivity contribution in [3.05, 3.63) is 54.1 Å². The molecule has 0 spiro atoms. The van der Waals surface area contributed by atoms with Crippen molar-refractivity contribution in [2.24, 2.45) is 0 Å². The lowest BCUT2D eigenvalue weighted by Crippen LogP contribution is -2.29. The highest BCUT2D eigenvalue weighted by molar-refractivity contribution is 7.98. The summed E-state index contributed by atoms with van der Waals surface area (Å²) in [7, 11) is 0. The molecule has 1 aliphatic rings. The maximum Gasteiger partial charge on any atom is 0.256 e. The zero-order valence-electron chi connectivity index (χ0n) is 13.4. The fraction of sp³-hybridized carbons (Fsp3) is 0.316. The predicted octanol–water partition coefficient (Wildman–Crippen LogP) is 4.65. The number of rotatable bonds is 4. The number of benzene rings is 2. The van der Waals surface area contributed by atoms with Crippen LogP contribution in [-0.4, -0.2) is 25.3 Å². The van der Waals surface area contributed by atoms with Gasteiger partial charge in [0.15, 0.2) is 0 Å². The normalized spacial score (nSPS) is 14.6. The van der Waals surface area contributed by atoms with Crippen molar-refractivity contribution < 1.29 is 4.79 Å². The summed E-state index contributed by atoms with van der Waals surface area (Å²) in [6, 6.07) is 15.9. The van der Waals surface area contributed by atoms with Crippen LogP contribution in [0.1, 0.15) is 29.6 Å². The predicted molar refractivity (Wildman–Crippen MR) is 98.7 cm³/mol. The first-order valence-corrected chi connectivity index (χ1v) is 9.30. The molecule has 1 amide bonds. The molecule has 0 aromatic heterocycles. The Morgan fingerprint density at radius 2 is 1.70 bits per heavy atom. The molecular formula is C19H22N2OS. The second-order valence-corrected chi connectivity index (χ2v) is 6.60. The van der Waals surface area contributed by atoms with E-state index in [0.29, 0.717) is 0 Å². The molecule has 2 aromatic carbocycles. The van der Waals surface area contributed by atoms with E-state index in [-0.39, 0.29) is 5.91 Å². The Morgan fingerprint density at radius 1 is 1.00 bits per heavy atom. The van der Waals surface area contributed by atoms with Crippen LogP contribution in [0.15, 0.2) is 53.4 Å². The quantitative estimate of drug-likeness (QED) is 0.830. The van der Waals surface area contributed by atoms with E-state index in [0.717, 1.165) is 29.2 Å². The number of carbonyl (C=O) groups excluding carboxylic acids is 1. The van der Waals surface area contributed by atoms with Gasteiger partial charge in [-0.3, -0.25) is 4.79 Å². The van der Waals surface area contributed by atoms with Gasteiger partial charge in [0.25, 0.3) is 5.91 Å². The van der Waals surface area contributed by atoms with Crippen LogP contribution in [0.3, 0.4) is 0 Å². The molecule has 3 rings (SSSR count). The smallest absolute Gasteiger partial charge is 0.256 e. The van der Waals surface area contributed by atoms with Crippen molar-refractivity contribution in [1.29, 1.82) is 0 Å². The lowest BCUT2D eigenvalue weighted by Gasteiger charge is -2.28. The van der Waals surface area contributed by atoms with E-state index < -0.39 is 0 Å². The first-order chi connectivity index (χ1) is 11.3. The van der Waals surface area contributed by atoms with E-state index in [1.54, 1.807) is 11.8 Å². The van der Waals surface area contributed by atoms with Crippen molar-refractivity contribution in [2.75, 3.05) is 29.6 Å². The molecule has 2 aromatic rings. The van der Waals surface area contributed by atoms with Crippen molar-refractivity contribution >= 4 is 29.0 Å². The number of thioether (sulfide) groups is 1. The molecule has 0 unspecified atom stereocenters. The average molecular weight is 326 g/mol. The number of anilines is 2. The highest BCUT2D eigenvalue weighted by Crippen LogP contribution is 2.24. The average Bonchev–Trinajstić information content (AvgIpc) is 2.63. The first kappa shape index (κ1) is 15.9. The van der Waals surface area contributed by atoms with E-state index in [2.05, 4.69) is 22.3 Å². The lowest BCUT2D eigenvalue weighted by molar-refractivity contribution is 0.102. The molecule has 3 nitrogen and oxygen atoms in total. The molecule has 1 saturated heterocycles. The molecule has 0 saturated carbocycles. The minimum absolute atomic E-state index is 0.0549. The van der Waals surface area contributed by atoms with Gasteiger partial charge in [-0.15, -0.1) is 11.8 Å². The Morgan fingerprint density at radius 3 is 2.39 bits per heavy atom. The van der Waals surface area contributed by atoms with E-state index in [4.69, 9.17) is 0 Å². The van der Waals surface area contributed by atoms with Gasteiger partial charge in [0.05, 0.1) is 5.56 Å².